The molecule has 0 spiro atoms. The Morgan fingerprint density at radius 2 is 1.65 bits per heavy atom. The van der Waals surface area contributed by atoms with E-state index in [1.165, 1.54) is 6.92 Å². The first-order valence-electron chi connectivity index (χ1n) is 5.55. The van der Waals surface area contributed by atoms with E-state index in [0.29, 0.717) is 11.1 Å². The quantitative estimate of drug-likeness (QED) is 0.804. The van der Waals surface area contributed by atoms with E-state index >= 15 is 0 Å². The molecule has 1 rings (SSSR count). The minimum atomic E-state index is -0.993. The van der Waals surface area contributed by atoms with Crippen molar-refractivity contribution < 1.29 is 14.7 Å². The number of ketones is 1. The van der Waals surface area contributed by atoms with Gasteiger partial charge in [-0.25, -0.2) is 4.79 Å². The summed E-state index contributed by atoms with van der Waals surface area (Å²) < 4.78 is 1.72. The molecule has 0 unspecified atom stereocenters. The highest BCUT2D eigenvalue weighted by molar-refractivity contribution is 6.01. The van der Waals surface area contributed by atoms with Crippen LogP contribution in [0.25, 0.3) is 0 Å². The number of Topliss-reactive ketones (excluding diaryl/α,β-unsaturated/α-hetero) is 1. The van der Waals surface area contributed by atoms with E-state index in [0.717, 1.165) is 5.69 Å². The van der Waals surface area contributed by atoms with Crippen LogP contribution in [-0.4, -0.2) is 21.4 Å². The van der Waals surface area contributed by atoms with Gasteiger partial charge in [-0.05, 0) is 47.1 Å². The van der Waals surface area contributed by atoms with Crippen molar-refractivity contribution in [1.29, 1.82) is 0 Å². The second-order valence-electron chi connectivity index (χ2n) is 5.30. The van der Waals surface area contributed by atoms with Crippen molar-refractivity contribution in [3.8, 4) is 0 Å². The molecule has 0 bridgehead atoms. The van der Waals surface area contributed by atoms with Gasteiger partial charge >= 0.3 is 5.97 Å². The monoisotopic (exact) mass is 237 g/mol. The fourth-order valence-electron chi connectivity index (χ4n) is 2.45. The largest absolute Gasteiger partial charge is 0.477 e. The molecule has 0 radical (unpaired) electrons. The first-order valence-corrected chi connectivity index (χ1v) is 5.55. The predicted molar refractivity (Wildman–Crippen MR) is 65.9 cm³/mol. The zero-order chi connectivity index (χ0) is 13.5. The third kappa shape index (κ3) is 2.12. The summed E-state index contributed by atoms with van der Waals surface area (Å²) in [5.74, 6) is -1.08. The second-order valence-corrected chi connectivity index (χ2v) is 5.30. The predicted octanol–water partition coefficient (Wildman–Crippen LogP) is 2.76. The lowest BCUT2D eigenvalue weighted by Crippen LogP contribution is -2.27. The van der Waals surface area contributed by atoms with Crippen LogP contribution in [0.1, 0.15) is 59.8 Å². The number of hydrogen-bond donors (Lipinski definition) is 1. The van der Waals surface area contributed by atoms with E-state index < -0.39 is 5.97 Å². The van der Waals surface area contributed by atoms with Crippen LogP contribution in [0.2, 0.25) is 0 Å². The van der Waals surface area contributed by atoms with Gasteiger partial charge in [0.25, 0.3) is 0 Å². The molecule has 4 heteroatoms. The van der Waals surface area contributed by atoms with Gasteiger partial charge in [0.2, 0.25) is 0 Å². The highest BCUT2D eigenvalue weighted by Crippen LogP contribution is 2.29. The molecule has 0 fully saturated rings. The SMILES string of the molecule is CC(=O)c1c(C)c(C(=O)O)n(C(C)(C)C)c1C. The number of nitrogens with zero attached hydrogens (tertiary/aromatic N) is 1. The zero-order valence-corrected chi connectivity index (χ0v) is 11.2. The topological polar surface area (TPSA) is 59.3 Å². The molecule has 1 aromatic heterocycles. The van der Waals surface area contributed by atoms with Gasteiger partial charge in [0.05, 0.1) is 0 Å². The van der Waals surface area contributed by atoms with Gasteiger partial charge in [0, 0.05) is 16.8 Å². The van der Waals surface area contributed by atoms with Gasteiger partial charge in [-0.2, -0.15) is 0 Å². The van der Waals surface area contributed by atoms with Crippen LogP contribution >= 0.6 is 0 Å². The number of hydrogen-bond acceptors (Lipinski definition) is 2. The smallest absolute Gasteiger partial charge is 0.352 e. The summed E-state index contributed by atoms with van der Waals surface area (Å²) in [6.07, 6.45) is 0. The van der Waals surface area contributed by atoms with Crippen molar-refractivity contribution >= 4 is 11.8 Å². The van der Waals surface area contributed by atoms with E-state index in [2.05, 4.69) is 0 Å². The molecule has 1 aromatic rings. The lowest BCUT2D eigenvalue weighted by atomic mass is 10.1. The number of carbonyl (C=O) groups is 2. The molecule has 94 valence electrons. The van der Waals surface area contributed by atoms with Gasteiger partial charge in [0.1, 0.15) is 5.69 Å². The molecule has 0 atom stereocenters. The van der Waals surface area contributed by atoms with Crippen molar-refractivity contribution in [2.24, 2.45) is 0 Å². The van der Waals surface area contributed by atoms with Gasteiger partial charge in [-0.15, -0.1) is 0 Å². The Morgan fingerprint density at radius 1 is 1.18 bits per heavy atom. The third-order valence-electron chi connectivity index (χ3n) is 2.88. The van der Waals surface area contributed by atoms with Crippen LogP contribution in [0.3, 0.4) is 0 Å². The molecular weight excluding hydrogens is 218 g/mol. The molecule has 1 N–H and O–H groups in total. The fraction of sp³-hybridized carbons (Fsp3) is 0.538. The average molecular weight is 237 g/mol. The molecule has 0 saturated heterocycles. The Bertz CT molecular complexity index is 490. The molecule has 1 heterocycles. The van der Waals surface area contributed by atoms with E-state index in [9.17, 15) is 14.7 Å². The highest BCUT2D eigenvalue weighted by Gasteiger charge is 2.29. The van der Waals surface area contributed by atoms with E-state index in [1.54, 1.807) is 18.4 Å². The van der Waals surface area contributed by atoms with E-state index in [-0.39, 0.29) is 17.0 Å². The number of carboxylic acid groups (broad SMARTS) is 1. The summed E-state index contributed by atoms with van der Waals surface area (Å²) in [7, 11) is 0. The molecule has 0 aliphatic carbocycles. The number of rotatable bonds is 2. The van der Waals surface area contributed by atoms with Crippen LogP contribution in [0.15, 0.2) is 0 Å². The van der Waals surface area contributed by atoms with Crippen LogP contribution < -0.4 is 0 Å². The van der Waals surface area contributed by atoms with Crippen molar-refractivity contribution in [2.75, 3.05) is 0 Å². The summed E-state index contributed by atoms with van der Waals surface area (Å²) in [6, 6.07) is 0. The van der Waals surface area contributed by atoms with Gasteiger partial charge in [-0.1, -0.05) is 0 Å². The number of aromatic nitrogens is 1. The standard InChI is InChI=1S/C13H19NO3/c1-7-10(9(3)15)8(2)14(13(4,5)6)11(7)12(16)17/h1-6H3,(H,16,17). The lowest BCUT2D eigenvalue weighted by Gasteiger charge is -2.25. The first-order chi connectivity index (χ1) is 7.59. The molecule has 4 nitrogen and oxygen atoms in total. The van der Waals surface area contributed by atoms with Crippen molar-refractivity contribution in [3.05, 3.63) is 22.5 Å². The van der Waals surface area contributed by atoms with Crippen LogP contribution in [0.5, 0.6) is 0 Å². The first kappa shape index (κ1) is 13.5. The molecular formula is C13H19NO3. The van der Waals surface area contributed by atoms with Crippen LogP contribution in [0, 0.1) is 13.8 Å². The van der Waals surface area contributed by atoms with Gasteiger partial charge in [0.15, 0.2) is 5.78 Å². The second kappa shape index (κ2) is 4.02. The minimum Gasteiger partial charge on any atom is -0.477 e. The summed E-state index contributed by atoms with van der Waals surface area (Å²) in [6.45, 7) is 10.7. The number of carbonyl (C=O) groups excluding carboxylic acids is 1. The normalized spacial score (nSPS) is 11.6. The van der Waals surface area contributed by atoms with Crippen LogP contribution in [-0.2, 0) is 5.54 Å². The summed E-state index contributed by atoms with van der Waals surface area (Å²) >= 11 is 0. The summed E-state index contributed by atoms with van der Waals surface area (Å²) in [4.78, 5) is 22.9. The Morgan fingerprint density at radius 3 is 1.88 bits per heavy atom. The Kier molecular flexibility index (Phi) is 3.19. The summed E-state index contributed by atoms with van der Waals surface area (Å²) in [5.41, 5.74) is 1.64. The minimum absolute atomic E-state index is 0.0921. The van der Waals surface area contributed by atoms with Crippen molar-refractivity contribution in [3.63, 3.8) is 0 Å². The van der Waals surface area contributed by atoms with Crippen molar-refractivity contribution in [2.45, 2.75) is 47.1 Å². The Hall–Kier alpha value is -1.58. The number of carboxylic acids is 1. The fourth-order valence-corrected chi connectivity index (χ4v) is 2.45. The van der Waals surface area contributed by atoms with Gasteiger partial charge < -0.3 is 9.67 Å². The lowest BCUT2D eigenvalue weighted by molar-refractivity contribution is 0.0676. The molecule has 0 aliphatic heterocycles. The zero-order valence-electron chi connectivity index (χ0n) is 11.2. The maximum Gasteiger partial charge on any atom is 0.352 e. The Labute approximate surface area is 101 Å². The Balaban J connectivity index is 3.76. The molecule has 0 amide bonds. The maximum absolute atomic E-state index is 11.6. The number of aromatic carboxylic acids is 1. The third-order valence-corrected chi connectivity index (χ3v) is 2.88. The van der Waals surface area contributed by atoms with E-state index in [1.807, 2.05) is 20.8 Å². The molecule has 0 aromatic carbocycles. The van der Waals surface area contributed by atoms with Crippen LogP contribution in [0.4, 0.5) is 0 Å². The van der Waals surface area contributed by atoms with Gasteiger partial charge in [-0.3, -0.25) is 4.79 Å². The molecule has 0 aliphatic rings. The average Bonchev–Trinajstić information content (AvgIpc) is 2.36. The van der Waals surface area contributed by atoms with E-state index in [4.69, 9.17) is 0 Å². The molecule has 0 saturated carbocycles. The highest BCUT2D eigenvalue weighted by atomic mass is 16.4. The van der Waals surface area contributed by atoms with Crippen molar-refractivity contribution in [1.82, 2.24) is 4.57 Å². The molecule has 17 heavy (non-hydrogen) atoms. The maximum atomic E-state index is 11.6. The summed E-state index contributed by atoms with van der Waals surface area (Å²) in [5, 5.41) is 9.30.